The minimum absolute atomic E-state index is 0.497. The average Bonchev–Trinajstić information content (AvgIpc) is 3.44. The average molecular weight is 494 g/mol. The Bertz CT molecular complexity index is 653. The molecule has 0 radical (unpaired) electrons. The van der Waals surface area contributed by atoms with Crippen molar-refractivity contribution < 1.29 is 0 Å². The summed E-state index contributed by atoms with van der Waals surface area (Å²) in [5.41, 5.74) is 1.46. The van der Waals surface area contributed by atoms with Gasteiger partial charge in [0.1, 0.15) is 0 Å². The zero-order valence-electron chi connectivity index (χ0n) is 23.9. The monoisotopic (exact) mass is 493 g/mol. The molecule has 2 heteroatoms. The highest BCUT2D eigenvalue weighted by atomic mass is 15.0. The van der Waals surface area contributed by atoms with Crippen molar-refractivity contribution in [1.29, 1.82) is 0 Å². The van der Waals surface area contributed by atoms with Crippen molar-refractivity contribution >= 4 is 12.4 Å². The smallest absolute Gasteiger partial charge is 0.0965 e. The molecular weight excluding hydrogens is 436 g/mol. The first-order valence-corrected chi connectivity index (χ1v) is 15.8. The molecule has 2 nitrogen and oxygen atoms in total. The van der Waals surface area contributed by atoms with Crippen LogP contribution in [0.15, 0.2) is 40.3 Å². The summed E-state index contributed by atoms with van der Waals surface area (Å²) in [6.45, 7) is 4.60. The highest BCUT2D eigenvalue weighted by Crippen LogP contribution is 2.36. The third-order valence-corrected chi connectivity index (χ3v) is 8.02. The summed E-state index contributed by atoms with van der Waals surface area (Å²) >= 11 is 0. The minimum Gasteiger partial charge on any atom is -0.0965 e. The summed E-state index contributed by atoms with van der Waals surface area (Å²) in [7, 11) is 0. The molecule has 1 heterocycles. The van der Waals surface area contributed by atoms with Crippen molar-refractivity contribution in [3.8, 4) is 0 Å². The van der Waals surface area contributed by atoms with Crippen molar-refractivity contribution in [3.63, 3.8) is 0 Å². The molecule has 0 fully saturated rings. The lowest BCUT2D eigenvalue weighted by molar-refractivity contribution is 0.286. The number of benzene rings is 1. The van der Waals surface area contributed by atoms with E-state index in [4.69, 9.17) is 0 Å². The Hall–Kier alpha value is -1.57. The molecule has 0 amide bonds. The molecule has 1 aromatic rings. The predicted molar refractivity (Wildman–Crippen MR) is 161 cm³/mol. The molecule has 0 aliphatic carbocycles. The fourth-order valence-corrected chi connectivity index (χ4v) is 5.76. The predicted octanol–water partition coefficient (Wildman–Crippen LogP) is 10.9. The summed E-state index contributed by atoms with van der Waals surface area (Å²) in [6, 6.07) is 11.1. The van der Waals surface area contributed by atoms with Crippen LogP contribution in [0.2, 0.25) is 0 Å². The van der Waals surface area contributed by atoms with Gasteiger partial charge in [0.15, 0.2) is 12.4 Å². The van der Waals surface area contributed by atoms with Crippen LogP contribution in [-0.4, -0.2) is 12.4 Å². The van der Waals surface area contributed by atoms with Crippen LogP contribution in [0.3, 0.4) is 0 Å². The van der Waals surface area contributed by atoms with E-state index in [9.17, 15) is 0 Å². The van der Waals surface area contributed by atoms with Gasteiger partial charge in [0.25, 0.3) is 0 Å². The van der Waals surface area contributed by atoms with Gasteiger partial charge in [-0.3, -0.25) is 0 Å². The van der Waals surface area contributed by atoms with E-state index in [-0.39, 0.29) is 0 Å². The van der Waals surface area contributed by atoms with Crippen molar-refractivity contribution in [3.05, 3.63) is 42.1 Å². The third kappa shape index (κ3) is 14.2. The van der Waals surface area contributed by atoms with Crippen molar-refractivity contribution in [2.75, 3.05) is 0 Å². The van der Waals surface area contributed by atoms with E-state index in [0.717, 1.165) is 12.6 Å². The number of aliphatic imine (C=N–C) groups is 2. The molecule has 2 atom stereocenters. The number of unbranched alkanes of at least 4 members (excludes halogenated alkanes) is 16. The molecule has 2 unspecified atom stereocenters. The molecule has 1 aliphatic heterocycles. The first-order valence-electron chi connectivity index (χ1n) is 15.8. The molecule has 202 valence electrons. The second kappa shape index (κ2) is 21.5. The maximum Gasteiger partial charge on any atom is 0.244 e. The summed E-state index contributed by atoms with van der Waals surface area (Å²) in [5, 5.41) is 0. The maximum absolute atomic E-state index is 4.65. The molecule has 1 aliphatic rings. The minimum atomic E-state index is 0.497. The quantitative estimate of drug-likeness (QED) is 0.101. The summed E-state index contributed by atoms with van der Waals surface area (Å²) < 4.78 is 0. The molecule has 0 saturated heterocycles. The van der Waals surface area contributed by atoms with Crippen LogP contribution in [0.25, 0.3) is 0 Å². The van der Waals surface area contributed by atoms with Gasteiger partial charge in [0.2, 0.25) is 6.17 Å². The summed E-state index contributed by atoms with van der Waals surface area (Å²) in [6.07, 6.45) is 33.9. The Morgan fingerprint density at radius 2 is 1.03 bits per heavy atom. The van der Waals surface area contributed by atoms with E-state index in [1.165, 1.54) is 134 Å². The second-order valence-corrected chi connectivity index (χ2v) is 11.2. The molecule has 1 aromatic carbocycles. The van der Waals surface area contributed by atoms with Crippen molar-refractivity contribution in [2.24, 2.45) is 21.8 Å². The topological polar surface area (TPSA) is 24.7 Å². The van der Waals surface area contributed by atoms with Crippen LogP contribution in [0.1, 0.15) is 148 Å². The number of hydrogen-bond acceptors (Lipinski definition) is 2. The standard InChI is InChI=1S/C34H57N2/c1-3-5-7-8-9-10-11-12-13-14-15-16-17-18-19-23-26-32(30-31-24-21-20-22-25-31)33(27-6-4-2)34-35-28-29-36-34/h20-22,24-25,28-29,32-33H,3-19,23,26-27,30H2,1-2H3/q+1. The molecule has 36 heavy (non-hydrogen) atoms. The van der Waals surface area contributed by atoms with Gasteiger partial charge in [0.05, 0.1) is 5.92 Å². The number of hydrogen-bond donors (Lipinski definition) is 0. The Balaban J connectivity index is 1.59. The highest BCUT2D eigenvalue weighted by Gasteiger charge is 2.35. The van der Waals surface area contributed by atoms with Gasteiger partial charge in [0, 0.05) is 0 Å². The van der Waals surface area contributed by atoms with E-state index >= 15 is 0 Å². The lowest BCUT2D eigenvalue weighted by atomic mass is 9.78. The van der Waals surface area contributed by atoms with Gasteiger partial charge in [-0.25, -0.2) is 0 Å². The van der Waals surface area contributed by atoms with E-state index in [0.29, 0.717) is 11.8 Å². The lowest BCUT2D eigenvalue weighted by Crippen LogP contribution is -2.22. The fraction of sp³-hybridized carbons (Fsp3) is 0.735. The van der Waals surface area contributed by atoms with Gasteiger partial charge >= 0.3 is 0 Å². The van der Waals surface area contributed by atoms with Gasteiger partial charge in [-0.15, -0.1) is 0 Å². The molecule has 0 N–H and O–H groups in total. The number of nitrogens with zero attached hydrogens (tertiary/aromatic N) is 2. The Morgan fingerprint density at radius 3 is 1.53 bits per heavy atom. The van der Waals surface area contributed by atoms with Crippen LogP contribution in [0, 0.1) is 18.0 Å². The van der Waals surface area contributed by atoms with Gasteiger partial charge in [-0.1, -0.05) is 170 Å². The zero-order chi connectivity index (χ0) is 25.5. The van der Waals surface area contributed by atoms with E-state index in [1.54, 1.807) is 0 Å². The SMILES string of the molecule is CCCCCCCCCCCCCCCCCCC(Cc1ccccc1)C(CCCC)[C+]1N=CC=N1. The van der Waals surface area contributed by atoms with Crippen molar-refractivity contribution in [1.82, 2.24) is 0 Å². The van der Waals surface area contributed by atoms with Gasteiger partial charge in [-0.2, -0.15) is 0 Å². The van der Waals surface area contributed by atoms with Gasteiger partial charge < -0.3 is 0 Å². The van der Waals surface area contributed by atoms with E-state index in [2.05, 4.69) is 54.2 Å². The Morgan fingerprint density at radius 1 is 0.556 bits per heavy atom. The van der Waals surface area contributed by atoms with Crippen LogP contribution in [-0.2, 0) is 6.42 Å². The zero-order valence-corrected chi connectivity index (χ0v) is 23.9. The van der Waals surface area contributed by atoms with Crippen molar-refractivity contribution in [2.45, 2.75) is 149 Å². The molecule has 0 aromatic heterocycles. The third-order valence-electron chi connectivity index (χ3n) is 8.02. The molecule has 0 saturated carbocycles. The van der Waals surface area contributed by atoms with Gasteiger partial charge in [-0.05, 0) is 30.7 Å². The fourth-order valence-electron chi connectivity index (χ4n) is 5.76. The Labute approximate surface area is 224 Å². The maximum atomic E-state index is 4.65. The molecule has 0 bridgehead atoms. The van der Waals surface area contributed by atoms with Crippen LogP contribution in [0.4, 0.5) is 0 Å². The van der Waals surface area contributed by atoms with E-state index in [1.807, 2.05) is 12.4 Å². The highest BCUT2D eigenvalue weighted by molar-refractivity contribution is 6.18. The largest absolute Gasteiger partial charge is 0.244 e. The lowest BCUT2D eigenvalue weighted by Gasteiger charge is -2.26. The Kier molecular flexibility index (Phi) is 18.3. The number of rotatable bonds is 24. The first-order chi connectivity index (χ1) is 17.8. The second-order valence-electron chi connectivity index (χ2n) is 11.2. The first kappa shape index (κ1) is 30.7. The summed E-state index contributed by atoms with van der Waals surface area (Å²) in [4.78, 5) is 9.29. The molecule has 0 spiro atoms. The van der Waals surface area contributed by atoms with Crippen LogP contribution >= 0.6 is 0 Å². The van der Waals surface area contributed by atoms with E-state index < -0.39 is 0 Å². The van der Waals surface area contributed by atoms with Crippen LogP contribution < -0.4 is 0 Å². The van der Waals surface area contributed by atoms with Crippen LogP contribution in [0.5, 0.6) is 0 Å². The molecular formula is C34H57N2+. The normalized spacial score (nSPS) is 14.6. The summed E-state index contributed by atoms with van der Waals surface area (Å²) in [5.74, 6) is 1.14. The molecule has 2 rings (SSSR count).